The van der Waals surface area contributed by atoms with Crippen LogP contribution < -0.4 is 9.47 Å². The molecule has 0 atom stereocenters. The van der Waals surface area contributed by atoms with Crippen LogP contribution in [0, 0.1) is 10.1 Å². The molecule has 24 heavy (non-hydrogen) atoms. The molecule has 0 heterocycles. The maximum absolute atomic E-state index is 10.8. The van der Waals surface area contributed by atoms with Crippen molar-refractivity contribution >= 4 is 5.69 Å². The molecular formula is C18H22N2O4. The predicted molar refractivity (Wildman–Crippen MR) is 92.7 cm³/mol. The number of benzene rings is 2. The van der Waals surface area contributed by atoms with Crippen molar-refractivity contribution in [2.24, 2.45) is 0 Å². The number of nitro groups is 1. The van der Waals surface area contributed by atoms with Crippen LogP contribution in [-0.4, -0.2) is 37.6 Å². The number of likely N-dealkylation sites (N-methyl/N-ethyl adjacent to an activating group) is 1. The maximum Gasteiger partial charge on any atom is 0.269 e. The lowest BCUT2D eigenvalue weighted by molar-refractivity contribution is -0.384. The highest BCUT2D eigenvalue weighted by Crippen LogP contribution is 2.27. The molecule has 2 aromatic rings. The molecule has 2 rings (SSSR count). The summed E-state index contributed by atoms with van der Waals surface area (Å²) in [6.45, 7) is 1.56. The van der Waals surface area contributed by atoms with Gasteiger partial charge in [-0.15, -0.1) is 0 Å². The van der Waals surface area contributed by atoms with Crippen LogP contribution >= 0.6 is 0 Å². The zero-order chi connectivity index (χ0) is 17.5. The Balaban J connectivity index is 1.95. The van der Waals surface area contributed by atoms with Gasteiger partial charge in [0, 0.05) is 25.2 Å². The van der Waals surface area contributed by atoms with Crippen LogP contribution in [0.4, 0.5) is 5.69 Å². The molecule has 0 amide bonds. The van der Waals surface area contributed by atoms with Gasteiger partial charge in [-0.25, -0.2) is 0 Å². The van der Waals surface area contributed by atoms with Gasteiger partial charge in [0.2, 0.25) is 0 Å². The van der Waals surface area contributed by atoms with E-state index in [1.54, 1.807) is 26.4 Å². The Morgan fingerprint density at radius 3 is 2.46 bits per heavy atom. The average molecular weight is 330 g/mol. The number of rotatable bonds is 8. The number of hydrogen-bond donors (Lipinski definition) is 0. The molecule has 0 aliphatic carbocycles. The molecule has 6 heteroatoms. The Morgan fingerprint density at radius 1 is 1.04 bits per heavy atom. The molecule has 0 aliphatic rings. The summed E-state index contributed by atoms with van der Waals surface area (Å²) >= 11 is 0. The summed E-state index contributed by atoms with van der Waals surface area (Å²) < 4.78 is 10.6. The van der Waals surface area contributed by atoms with Gasteiger partial charge >= 0.3 is 0 Å². The normalized spacial score (nSPS) is 10.7. The summed E-state index contributed by atoms with van der Waals surface area (Å²) in [5, 5.41) is 10.8. The number of hydrogen-bond acceptors (Lipinski definition) is 5. The molecule has 0 spiro atoms. The number of ether oxygens (including phenoxy) is 2. The van der Waals surface area contributed by atoms with E-state index in [4.69, 9.17) is 9.47 Å². The van der Waals surface area contributed by atoms with Crippen LogP contribution in [-0.2, 0) is 13.0 Å². The SMILES string of the molecule is COc1ccc(CN(C)CCc2cccc([N+](=O)[O-])c2)cc1OC. The van der Waals surface area contributed by atoms with Crippen LogP contribution in [0.25, 0.3) is 0 Å². The van der Waals surface area contributed by atoms with Gasteiger partial charge in [0.25, 0.3) is 5.69 Å². The molecule has 0 aliphatic heterocycles. The van der Waals surface area contributed by atoms with Crippen molar-refractivity contribution in [2.45, 2.75) is 13.0 Å². The zero-order valence-electron chi connectivity index (χ0n) is 14.2. The molecule has 0 radical (unpaired) electrons. The fourth-order valence-corrected chi connectivity index (χ4v) is 2.52. The second-order valence-electron chi connectivity index (χ2n) is 5.60. The third-order valence-electron chi connectivity index (χ3n) is 3.80. The Hall–Kier alpha value is -2.60. The highest BCUT2D eigenvalue weighted by atomic mass is 16.6. The molecule has 2 aromatic carbocycles. The topological polar surface area (TPSA) is 64.8 Å². The first-order valence-corrected chi connectivity index (χ1v) is 7.66. The monoisotopic (exact) mass is 330 g/mol. The highest BCUT2D eigenvalue weighted by molar-refractivity contribution is 5.42. The third-order valence-corrected chi connectivity index (χ3v) is 3.80. The quantitative estimate of drug-likeness (QED) is 0.549. The predicted octanol–water partition coefficient (Wildman–Crippen LogP) is 3.29. The van der Waals surface area contributed by atoms with Gasteiger partial charge in [-0.2, -0.15) is 0 Å². The largest absolute Gasteiger partial charge is 0.493 e. The van der Waals surface area contributed by atoms with Crippen molar-refractivity contribution < 1.29 is 14.4 Å². The maximum atomic E-state index is 10.8. The van der Waals surface area contributed by atoms with Crippen LogP contribution in [0.2, 0.25) is 0 Å². The molecule has 0 unspecified atom stereocenters. The first kappa shape index (κ1) is 17.7. The number of nitrogens with zero attached hydrogens (tertiary/aromatic N) is 2. The minimum absolute atomic E-state index is 0.134. The smallest absolute Gasteiger partial charge is 0.269 e. The molecule has 0 saturated heterocycles. The van der Waals surface area contributed by atoms with Crippen molar-refractivity contribution in [3.05, 3.63) is 63.7 Å². The van der Waals surface area contributed by atoms with Crippen LogP contribution in [0.15, 0.2) is 42.5 Å². The van der Waals surface area contributed by atoms with E-state index in [1.165, 1.54) is 6.07 Å². The lowest BCUT2D eigenvalue weighted by Gasteiger charge is -2.17. The standard InChI is InChI=1S/C18H22N2O4/c1-19(10-9-14-5-4-6-16(11-14)20(21)22)13-15-7-8-17(23-2)18(12-15)24-3/h4-8,11-12H,9-10,13H2,1-3H3. The lowest BCUT2D eigenvalue weighted by atomic mass is 10.1. The van der Waals surface area contributed by atoms with Gasteiger partial charge in [-0.05, 0) is 36.7 Å². The van der Waals surface area contributed by atoms with Crippen LogP contribution in [0.5, 0.6) is 11.5 Å². The van der Waals surface area contributed by atoms with E-state index in [9.17, 15) is 10.1 Å². The Morgan fingerprint density at radius 2 is 1.79 bits per heavy atom. The summed E-state index contributed by atoms with van der Waals surface area (Å²) in [6.07, 6.45) is 0.755. The van der Waals surface area contributed by atoms with E-state index in [0.29, 0.717) is 11.5 Å². The zero-order valence-corrected chi connectivity index (χ0v) is 14.2. The number of nitro benzene ring substituents is 1. The van der Waals surface area contributed by atoms with Gasteiger partial charge in [-0.3, -0.25) is 10.1 Å². The molecule has 0 fully saturated rings. The summed E-state index contributed by atoms with van der Waals surface area (Å²) in [7, 11) is 5.25. The Bertz CT molecular complexity index is 703. The molecule has 0 bridgehead atoms. The van der Waals surface area contributed by atoms with Crippen molar-refractivity contribution in [3.63, 3.8) is 0 Å². The van der Waals surface area contributed by atoms with E-state index in [-0.39, 0.29) is 10.6 Å². The van der Waals surface area contributed by atoms with Crippen molar-refractivity contribution in [1.29, 1.82) is 0 Å². The van der Waals surface area contributed by atoms with Crippen molar-refractivity contribution in [1.82, 2.24) is 4.90 Å². The lowest BCUT2D eigenvalue weighted by Crippen LogP contribution is -2.20. The van der Waals surface area contributed by atoms with E-state index >= 15 is 0 Å². The summed E-state index contributed by atoms with van der Waals surface area (Å²) in [5.74, 6) is 1.42. The van der Waals surface area contributed by atoms with E-state index in [1.807, 2.05) is 31.3 Å². The van der Waals surface area contributed by atoms with Gasteiger partial charge in [0.05, 0.1) is 19.1 Å². The second kappa shape index (κ2) is 8.31. The second-order valence-corrected chi connectivity index (χ2v) is 5.60. The summed E-state index contributed by atoms with van der Waals surface area (Å²) in [4.78, 5) is 12.6. The summed E-state index contributed by atoms with van der Waals surface area (Å²) in [5.41, 5.74) is 2.22. The fraction of sp³-hybridized carbons (Fsp3) is 0.333. The van der Waals surface area contributed by atoms with Crippen molar-refractivity contribution in [3.8, 4) is 11.5 Å². The van der Waals surface area contributed by atoms with Crippen LogP contribution in [0.1, 0.15) is 11.1 Å². The van der Waals surface area contributed by atoms with E-state index < -0.39 is 0 Å². The average Bonchev–Trinajstić information content (AvgIpc) is 2.60. The Labute approximate surface area is 141 Å². The first-order chi connectivity index (χ1) is 11.5. The van der Waals surface area contributed by atoms with Crippen LogP contribution in [0.3, 0.4) is 0 Å². The van der Waals surface area contributed by atoms with Gasteiger partial charge in [0.1, 0.15) is 0 Å². The molecular weight excluding hydrogens is 308 g/mol. The van der Waals surface area contributed by atoms with E-state index in [2.05, 4.69) is 4.90 Å². The molecule has 0 N–H and O–H groups in total. The highest BCUT2D eigenvalue weighted by Gasteiger charge is 2.09. The van der Waals surface area contributed by atoms with Gasteiger partial charge < -0.3 is 14.4 Å². The first-order valence-electron chi connectivity index (χ1n) is 7.66. The molecule has 128 valence electrons. The van der Waals surface area contributed by atoms with Gasteiger partial charge in [0.15, 0.2) is 11.5 Å². The summed E-state index contributed by atoms with van der Waals surface area (Å²) in [6, 6.07) is 12.6. The minimum Gasteiger partial charge on any atom is -0.493 e. The van der Waals surface area contributed by atoms with Gasteiger partial charge in [-0.1, -0.05) is 18.2 Å². The fourth-order valence-electron chi connectivity index (χ4n) is 2.52. The molecule has 0 saturated carbocycles. The number of methoxy groups -OCH3 is 2. The minimum atomic E-state index is -0.364. The molecule has 0 aromatic heterocycles. The van der Waals surface area contributed by atoms with E-state index in [0.717, 1.165) is 30.6 Å². The Kier molecular flexibility index (Phi) is 6.14. The third kappa shape index (κ3) is 4.70. The van der Waals surface area contributed by atoms with Crippen molar-refractivity contribution in [2.75, 3.05) is 27.8 Å². The molecule has 6 nitrogen and oxygen atoms in total. The number of non-ortho nitro benzene ring substituents is 1.